The van der Waals surface area contributed by atoms with E-state index in [9.17, 15) is 4.79 Å². The van der Waals surface area contributed by atoms with Gasteiger partial charge in [-0.1, -0.05) is 41.4 Å². The van der Waals surface area contributed by atoms with Crippen LogP contribution in [0.25, 0.3) is 0 Å². The van der Waals surface area contributed by atoms with Crippen LogP contribution in [-0.2, 0) is 24.1 Å². The fourth-order valence-corrected chi connectivity index (χ4v) is 3.16. The molecule has 0 unspecified atom stereocenters. The van der Waals surface area contributed by atoms with Crippen LogP contribution in [0, 0.1) is 0 Å². The maximum atomic E-state index is 12.2. The molecule has 1 aliphatic carbocycles. The number of carbonyl (C=O) groups is 1. The van der Waals surface area contributed by atoms with Gasteiger partial charge in [0.15, 0.2) is 0 Å². The minimum Gasteiger partial charge on any atom is -0.326 e. The van der Waals surface area contributed by atoms with Gasteiger partial charge in [-0.3, -0.25) is 4.79 Å². The highest BCUT2D eigenvalue weighted by atomic mass is 35.5. The van der Waals surface area contributed by atoms with Crippen molar-refractivity contribution in [3.63, 3.8) is 0 Å². The maximum absolute atomic E-state index is 12.2. The van der Waals surface area contributed by atoms with Crippen LogP contribution in [0.5, 0.6) is 0 Å². The third-order valence-corrected chi connectivity index (χ3v) is 4.72. The summed E-state index contributed by atoms with van der Waals surface area (Å²) >= 11 is 11.8. The summed E-state index contributed by atoms with van der Waals surface area (Å²) in [5, 5.41) is 3.78. The van der Waals surface area contributed by atoms with Gasteiger partial charge in [0.25, 0.3) is 0 Å². The van der Waals surface area contributed by atoms with Gasteiger partial charge >= 0.3 is 0 Å². The van der Waals surface area contributed by atoms with Crippen molar-refractivity contribution in [3.05, 3.63) is 63.1 Å². The van der Waals surface area contributed by atoms with Crippen molar-refractivity contribution < 1.29 is 4.79 Å². The van der Waals surface area contributed by atoms with Gasteiger partial charge in [0.2, 0.25) is 5.91 Å². The summed E-state index contributed by atoms with van der Waals surface area (Å²) in [6.45, 7) is 0. The van der Waals surface area contributed by atoms with Crippen LogP contribution < -0.4 is 5.32 Å². The molecule has 0 heterocycles. The second-order valence-corrected chi connectivity index (χ2v) is 6.48. The fourth-order valence-electron chi connectivity index (χ4n) is 2.86. The topological polar surface area (TPSA) is 29.1 Å². The second kappa shape index (κ2) is 6.72. The Morgan fingerprint density at radius 3 is 2.50 bits per heavy atom. The molecule has 0 spiro atoms. The van der Waals surface area contributed by atoms with Crippen LogP contribution in [0.15, 0.2) is 36.4 Å². The number of amides is 1. The van der Waals surface area contributed by atoms with Crippen molar-refractivity contribution in [2.24, 2.45) is 0 Å². The molecule has 0 saturated heterocycles. The summed E-state index contributed by atoms with van der Waals surface area (Å²) in [4.78, 5) is 12.2. The number of benzene rings is 2. The molecule has 4 heteroatoms. The van der Waals surface area contributed by atoms with Gasteiger partial charge < -0.3 is 5.32 Å². The van der Waals surface area contributed by atoms with E-state index in [0.717, 1.165) is 18.4 Å². The molecule has 2 aromatic carbocycles. The van der Waals surface area contributed by atoms with Gasteiger partial charge in [0.1, 0.15) is 0 Å². The molecule has 1 amide bonds. The molecule has 0 fully saturated rings. The number of carbonyl (C=O) groups excluding carboxylic acids is 1. The predicted molar refractivity (Wildman–Crippen MR) is 91.9 cm³/mol. The van der Waals surface area contributed by atoms with Crippen molar-refractivity contribution in [1.82, 2.24) is 0 Å². The summed E-state index contributed by atoms with van der Waals surface area (Å²) < 4.78 is 0. The number of fused-ring (bicyclic) bond motifs is 1. The summed E-state index contributed by atoms with van der Waals surface area (Å²) in [6.07, 6.45) is 5.16. The Morgan fingerprint density at radius 2 is 1.73 bits per heavy atom. The Hall–Kier alpha value is -1.51. The van der Waals surface area contributed by atoms with E-state index in [2.05, 4.69) is 23.5 Å². The third-order valence-electron chi connectivity index (χ3n) is 3.98. The molecule has 2 aromatic rings. The first-order chi connectivity index (χ1) is 10.6. The number of aryl methyl sites for hydroxylation is 2. The average molecular weight is 334 g/mol. The van der Waals surface area contributed by atoms with Crippen LogP contribution in [-0.4, -0.2) is 5.91 Å². The largest absolute Gasteiger partial charge is 0.326 e. The first-order valence-corrected chi connectivity index (χ1v) is 8.23. The lowest BCUT2D eigenvalue weighted by atomic mass is 9.90. The van der Waals surface area contributed by atoms with E-state index in [1.54, 1.807) is 18.2 Å². The van der Waals surface area contributed by atoms with Gasteiger partial charge in [-0.2, -0.15) is 0 Å². The van der Waals surface area contributed by atoms with E-state index in [1.807, 2.05) is 0 Å². The molecule has 2 nitrogen and oxygen atoms in total. The number of anilines is 1. The van der Waals surface area contributed by atoms with Crippen molar-refractivity contribution >= 4 is 34.8 Å². The van der Waals surface area contributed by atoms with E-state index < -0.39 is 0 Å². The normalized spacial score (nSPS) is 13.5. The van der Waals surface area contributed by atoms with Gasteiger partial charge in [-0.25, -0.2) is 0 Å². The number of hydrogen-bond donors (Lipinski definition) is 1. The molecule has 1 N–H and O–H groups in total. The Labute approximate surface area is 140 Å². The first kappa shape index (κ1) is 15.4. The lowest BCUT2D eigenvalue weighted by Gasteiger charge is -2.16. The third kappa shape index (κ3) is 3.63. The number of nitrogens with one attached hydrogen (secondary N) is 1. The van der Waals surface area contributed by atoms with Gasteiger partial charge in [-0.05, 0) is 60.6 Å². The maximum Gasteiger partial charge on any atom is 0.228 e. The second-order valence-electron chi connectivity index (χ2n) is 5.66. The molecule has 0 bridgehead atoms. The quantitative estimate of drug-likeness (QED) is 0.836. The van der Waals surface area contributed by atoms with E-state index in [-0.39, 0.29) is 5.91 Å². The molecule has 0 atom stereocenters. The van der Waals surface area contributed by atoms with Crippen LogP contribution in [0.2, 0.25) is 10.0 Å². The molecule has 114 valence electrons. The summed E-state index contributed by atoms with van der Waals surface area (Å²) in [7, 11) is 0. The van der Waals surface area contributed by atoms with Crippen molar-refractivity contribution in [3.8, 4) is 0 Å². The first-order valence-electron chi connectivity index (χ1n) is 7.47. The predicted octanol–water partition coefficient (Wildman–Crippen LogP) is 5.05. The number of rotatable bonds is 3. The summed E-state index contributed by atoms with van der Waals surface area (Å²) in [6, 6.07) is 11.5. The van der Waals surface area contributed by atoms with E-state index in [1.165, 1.54) is 24.0 Å². The smallest absolute Gasteiger partial charge is 0.228 e. The lowest BCUT2D eigenvalue weighted by molar-refractivity contribution is -0.115. The Kier molecular flexibility index (Phi) is 4.70. The molecule has 1 aliphatic rings. The molecule has 3 rings (SSSR count). The van der Waals surface area contributed by atoms with Gasteiger partial charge in [0, 0.05) is 5.69 Å². The molecular weight excluding hydrogens is 317 g/mol. The average Bonchev–Trinajstić information content (AvgIpc) is 2.51. The van der Waals surface area contributed by atoms with Crippen LogP contribution >= 0.6 is 23.2 Å². The highest BCUT2D eigenvalue weighted by Gasteiger charge is 2.11. The van der Waals surface area contributed by atoms with Crippen molar-refractivity contribution in [1.29, 1.82) is 0 Å². The number of hydrogen-bond acceptors (Lipinski definition) is 1. The lowest BCUT2D eigenvalue weighted by Crippen LogP contribution is -2.15. The monoisotopic (exact) mass is 333 g/mol. The van der Waals surface area contributed by atoms with Crippen molar-refractivity contribution in [2.75, 3.05) is 5.32 Å². The zero-order chi connectivity index (χ0) is 15.5. The van der Waals surface area contributed by atoms with Gasteiger partial charge in [0.05, 0.1) is 16.5 Å². The van der Waals surface area contributed by atoms with Gasteiger partial charge in [-0.15, -0.1) is 0 Å². The van der Waals surface area contributed by atoms with Crippen LogP contribution in [0.4, 0.5) is 5.69 Å². The van der Waals surface area contributed by atoms with Crippen LogP contribution in [0.3, 0.4) is 0 Å². The highest BCUT2D eigenvalue weighted by molar-refractivity contribution is 6.42. The Morgan fingerprint density at radius 1 is 0.955 bits per heavy atom. The molecular formula is C18H17Cl2NO. The Bertz CT molecular complexity index is 712. The molecule has 0 radical (unpaired) electrons. The minimum atomic E-state index is -0.0471. The zero-order valence-electron chi connectivity index (χ0n) is 12.2. The Balaban J connectivity index is 1.67. The zero-order valence-corrected chi connectivity index (χ0v) is 13.7. The van der Waals surface area contributed by atoms with Crippen LogP contribution in [0.1, 0.15) is 29.5 Å². The SMILES string of the molecule is O=C(Cc1ccc2c(c1)CCCC2)Nc1ccc(Cl)c(Cl)c1. The standard InChI is InChI=1S/C18H17Cl2NO/c19-16-8-7-15(11-17(16)20)21-18(22)10-12-5-6-13-3-1-2-4-14(13)9-12/h5-9,11H,1-4,10H2,(H,21,22). The summed E-state index contributed by atoms with van der Waals surface area (Å²) in [5.74, 6) is -0.0471. The highest BCUT2D eigenvalue weighted by Crippen LogP contribution is 2.25. The van der Waals surface area contributed by atoms with E-state index >= 15 is 0 Å². The molecule has 22 heavy (non-hydrogen) atoms. The molecule has 0 aromatic heterocycles. The summed E-state index contributed by atoms with van der Waals surface area (Å²) in [5.41, 5.74) is 4.54. The van der Waals surface area contributed by atoms with Crippen molar-refractivity contribution in [2.45, 2.75) is 32.1 Å². The molecule has 0 aliphatic heterocycles. The van der Waals surface area contributed by atoms with E-state index in [0.29, 0.717) is 22.2 Å². The van der Waals surface area contributed by atoms with E-state index in [4.69, 9.17) is 23.2 Å². The minimum absolute atomic E-state index is 0.0471. The molecule has 0 saturated carbocycles. The fraction of sp³-hybridized carbons (Fsp3) is 0.278. The number of halogens is 2.